The molecule has 0 aliphatic rings. The van der Waals surface area contributed by atoms with Gasteiger partial charge in [0, 0.05) is 28.9 Å². The highest BCUT2D eigenvalue weighted by atomic mass is 32.1. The summed E-state index contributed by atoms with van der Waals surface area (Å²) in [4.78, 5) is 9.99. The molecule has 20 heavy (non-hydrogen) atoms. The molecule has 3 heterocycles. The second-order valence-corrected chi connectivity index (χ2v) is 4.85. The SMILES string of the molecule is C#Cc1cnc2[nH]cc(-c3ncsc3C(F)(F)F)c2c1. The van der Waals surface area contributed by atoms with Crippen LogP contribution in [0.25, 0.3) is 22.3 Å². The topological polar surface area (TPSA) is 41.6 Å². The summed E-state index contributed by atoms with van der Waals surface area (Å²) in [7, 11) is 0. The van der Waals surface area contributed by atoms with Crippen molar-refractivity contribution >= 4 is 22.4 Å². The zero-order valence-electron chi connectivity index (χ0n) is 9.82. The van der Waals surface area contributed by atoms with E-state index in [0.29, 0.717) is 33.5 Å². The molecule has 3 aromatic rings. The molecule has 3 rings (SSSR count). The number of terminal acetylenes is 1. The molecule has 0 aliphatic heterocycles. The van der Waals surface area contributed by atoms with Gasteiger partial charge in [0.1, 0.15) is 10.5 Å². The van der Waals surface area contributed by atoms with E-state index in [1.807, 2.05) is 0 Å². The highest BCUT2D eigenvalue weighted by Crippen LogP contribution is 2.41. The number of aromatic nitrogens is 3. The van der Waals surface area contributed by atoms with Crippen molar-refractivity contribution in [3.63, 3.8) is 0 Å². The van der Waals surface area contributed by atoms with Crippen molar-refractivity contribution in [2.75, 3.05) is 0 Å². The van der Waals surface area contributed by atoms with Crippen molar-refractivity contribution in [1.82, 2.24) is 15.0 Å². The number of H-pyrrole nitrogens is 1. The summed E-state index contributed by atoms with van der Waals surface area (Å²) in [6.07, 6.45) is 3.79. The molecule has 7 heteroatoms. The normalized spacial score (nSPS) is 11.7. The lowest BCUT2D eigenvalue weighted by Crippen LogP contribution is -2.03. The molecule has 1 N–H and O–H groups in total. The van der Waals surface area contributed by atoms with Crippen LogP contribution in [0.3, 0.4) is 0 Å². The first kappa shape index (κ1) is 12.7. The van der Waals surface area contributed by atoms with Crippen LogP contribution in [0.4, 0.5) is 13.2 Å². The Balaban J connectivity index is 2.26. The van der Waals surface area contributed by atoms with Crippen LogP contribution < -0.4 is 0 Å². The molecule has 0 saturated carbocycles. The molecule has 3 aromatic heterocycles. The van der Waals surface area contributed by atoms with Gasteiger partial charge in [-0.3, -0.25) is 0 Å². The predicted octanol–water partition coefficient (Wildman–Crippen LogP) is 3.69. The number of nitrogens with one attached hydrogen (secondary N) is 1. The third-order valence-corrected chi connectivity index (χ3v) is 3.65. The van der Waals surface area contributed by atoms with Gasteiger partial charge in [-0.2, -0.15) is 13.2 Å². The van der Waals surface area contributed by atoms with Crippen molar-refractivity contribution in [2.45, 2.75) is 6.18 Å². The van der Waals surface area contributed by atoms with E-state index in [1.165, 1.54) is 17.9 Å². The van der Waals surface area contributed by atoms with Gasteiger partial charge in [0.2, 0.25) is 0 Å². The Kier molecular flexibility index (Phi) is 2.76. The van der Waals surface area contributed by atoms with Crippen LogP contribution in [0.5, 0.6) is 0 Å². The van der Waals surface area contributed by atoms with E-state index < -0.39 is 11.1 Å². The van der Waals surface area contributed by atoms with Gasteiger partial charge in [0.15, 0.2) is 0 Å². The van der Waals surface area contributed by atoms with E-state index in [-0.39, 0.29) is 5.69 Å². The molecule has 0 saturated heterocycles. The number of nitrogens with zero attached hydrogens (tertiary/aromatic N) is 2. The summed E-state index contributed by atoms with van der Waals surface area (Å²) >= 11 is 0.563. The molecule has 0 atom stereocenters. The average molecular weight is 293 g/mol. The smallest absolute Gasteiger partial charge is 0.345 e. The molecule has 3 nitrogen and oxygen atoms in total. The third-order valence-electron chi connectivity index (χ3n) is 2.78. The Bertz CT molecular complexity index is 823. The summed E-state index contributed by atoms with van der Waals surface area (Å²) in [6.45, 7) is 0. The van der Waals surface area contributed by atoms with Gasteiger partial charge in [-0.25, -0.2) is 9.97 Å². The summed E-state index contributed by atoms with van der Waals surface area (Å²) in [5, 5.41) is 0.525. The molecule has 0 amide bonds. The summed E-state index contributed by atoms with van der Waals surface area (Å²) in [6, 6.07) is 1.62. The monoisotopic (exact) mass is 293 g/mol. The molecule has 0 fully saturated rings. The molecular weight excluding hydrogens is 287 g/mol. The molecule has 100 valence electrons. The number of pyridine rings is 1. The lowest BCUT2D eigenvalue weighted by molar-refractivity contribution is -0.134. The van der Waals surface area contributed by atoms with Gasteiger partial charge in [0.05, 0.1) is 11.2 Å². The van der Waals surface area contributed by atoms with Gasteiger partial charge >= 0.3 is 6.18 Å². The number of rotatable bonds is 1. The lowest BCUT2D eigenvalue weighted by atomic mass is 10.1. The highest BCUT2D eigenvalue weighted by molar-refractivity contribution is 7.10. The van der Waals surface area contributed by atoms with Gasteiger partial charge in [-0.15, -0.1) is 17.8 Å². The number of alkyl halides is 3. The van der Waals surface area contributed by atoms with Crippen molar-refractivity contribution in [2.24, 2.45) is 0 Å². The van der Waals surface area contributed by atoms with E-state index in [0.717, 1.165) is 0 Å². The van der Waals surface area contributed by atoms with E-state index in [4.69, 9.17) is 6.42 Å². The second-order valence-electron chi connectivity index (χ2n) is 3.99. The fraction of sp³-hybridized carbons (Fsp3) is 0.0769. The second kappa shape index (κ2) is 4.35. The maximum absolute atomic E-state index is 12.9. The molecule has 0 unspecified atom stereocenters. The van der Waals surface area contributed by atoms with Crippen molar-refractivity contribution in [3.8, 4) is 23.6 Å². The minimum atomic E-state index is -4.43. The van der Waals surface area contributed by atoms with Gasteiger partial charge in [-0.05, 0) is 6.07 Å². The lowest BCUT2D eigenvalue weighted by Gasteiger charge is -2.05. The van der Waals surface area contributed by atoms with Crippen LogP contribution in [0.1, 0.15) is 10.4 Å². The first-order valence-corrected chi connectivity index (χ1v) is 6.33. The zero-order chi connectivity index (χ0) is 14.3. The Hall–Kier alpha value is -2.33. The molecule has 0 bridgehead atoms. The minimum absolute atomic E-state index is 0.107. The Morgan fingerprint density at radius 1 is 1.30 bits per heavy atom. The van der Waals surface area contributed by atoms with E-state index >= 15 is 0 Å². The summed E-state index contributed by atoms with van der Waals surface area (Å²) < 4.78 is 38.8. The van der Waals surface area contributed by atoms with Gasteiger partial charge in [-0.1, -0.05) is 5.92 Å². The number of thiazole rings is 1. The fourth-order valence-corrected chi connectivity index (χ4v) is 2.59. The predicted molar refractivity (Wildman–Crippen MR) is 70.1 cm³/mol. The van der Waals surface area contributed by atoms with Crippen LogP contribution in [-0.2, 0) is 6.18 Å². The van der Waals surface area contributed by atoms with Gasteiger partial charge in [0.25, 0.3) is 0 Å². The average Bonchev–Trinajstić information content (AvgIpc) is 3.02. The molecule has 0 aromatic carbocycles. The number of hydrogen-bond donors (Lipinski definition) is 1. The largest absolute Gasteiger partial charge is 0.427 e. The van der Waals surface area contributed by atoms with Crippen LogP contribution in [-0.4, -0.2) is 15.0 Å². The Labute approximate surface area is 115 Å². The molecule has 0 aliphatic carbocycles. The minimum Gasteiger partial charge on any atom is -0.345 e. The van der Waals surface area contributed by atoms with Crippen LogP contribution in [0.15, 0.2) is 24.0 Å². The highest BCUT2D eigenvalue weighted by Gasteiger charge is 2.36. The summed E-state index contributed by atoms with van der Waals surface area (Å²) in [5.74, 6) is 2.41. The standard InChI is InChI=1S/C13H6F3N3S/c1-2-7-3-8-9(5-18-12(8)17-4-7)10-11(13(14,15)16)20-6-19-10/h1,3-6H,(H,17,18). The molecular formula is C13H6F3N3S. The Morgan fingerprint density at radius 3 is 2.80 bits per heavy atom. The number of halogens is 3. The molecule has 0 radical (unpaired) electrons. The number of fused-ring (bicyclic) bond motifs is 1. The first-order valence-electron chi connectivity index (χ1n) is 5.45. The van der Waals surface area contributed by atoms with Crippen molar-refractivity contribution in [3.05, 3.63) is 34.4 Å². The van der Waals surface area contributed by atoms with E-state index in [2.05, 4.69) is 20.9 Å². The first-order chi connectivity index (χ1) is 9.50. The summed E-state index contributed by atoms with van der Waals surface area (Å²) in [5.41, 5.74) is 2.39. The van der Waals surface area contributed by atoms with Gasteiger partial charge < -0.3 is 4.98 Å². The quantitative estimate of drug-likeness (QED) is 0.695. The maximum atomic E-state index is 12.9. The maximum Gasteiger partial charge on any atom is 0.427 e. The third kappa shape index (κ3) is 1.94. The zero-order valence-corrected chi connectivity index (χ0v) is 10.6. The number of aromatic amines is 1. The van der Waals surface area contributed by atoms with Crippen LogP contribution in [0.2, 0.25) is 0 Å². The molecule has 0 spiro atoms. The van der Waals surface area contributed by atoms with E-state index in [9.17, 15) is 13.2 Å². The van der Waals surface area contributed by atoms with Crippen molar-refractivity contribution < 1.29 is 13.2 Å². The van der Waals surface area contributed by atoms with Crippen LogP contribution in [0, 0.1) is 12.3 Å². The Morgan fingerprint density at radius 2 is 2.10 bits per heavy atom. The fourth-order valence-electron chi connectivity index (χ4n) is 1.92. The van der Waals surface area contributed by atoms with E-state index in [1.54, 1.807) is 6.07 Å². The number of hydrogen-bond acceptors (Lipinski definition) is 3. The van der Waals surface area contributed by atoms with Crippen molar-refractivity contribution in [1.29, 1.82) is 0 Å². The van der Waals surface area contributed by atoms with Crippen LogP contribution >= 0.6 is 11.3 Å².